The molecule has 8 nitrogen and oxygen atoms in total. The van der Waals surface area contributed by atoms with Crippen LogP contribution in [0.3, 0.4) is 0 Å². The zero-order chi connectivity index (χ0) is 28.4. The molecule has 12 heteroatoms. The summed E-state index contributed by atoms with van der Waals surface area (Å²) in [4.78, 5) is 14.6. The number of hydrogen-bond acceptors (Lipinski definition) is 6. The molecule has 1 saturated heterocycles. The number of likely N-dealkylation sites (tertiary alicyclic amines) is 1. The van der Waals surface area contributed by atoms with E-state index < -0.39 is 33.3 Å². The van der Waals surface area contributed by atoms with Gasteiger partial charge in [-0.2, -0.15) is 13.2 Å². The highest BCUT2D eigenvalue weighted by atomic mass is 32.2. The van der Waals surface area contributed by atoms with E-state index in [2.05, 4.69) is 26.8 Å². The summed E-state index contributed by atoms with van der Waals surface area (Å²) in [6.45, 7) is 5.56. The fraction of sp³-hybridized carbons (Fsp3) is 0.444. The summed E-state index contributed by atoms with van der Waals surface area (Å²) in [6, 6.07) is 11.6. The van der Waals surface area contributed by atoms with Crippen molar-refractivity contribution in [3.05, 3.63) is 77.5 Å². The molecule has 1 amide bonds. The van der Waals surface area contributed by atoms with Crippen LogP contribution in [-0.4, -0.2) is 62.3 Å². The van der Waals surface area contributed by atoms with Gasteiger partial charge in [0.1, 0.15) is 0 Å². The van der Waals surface area contributed by atoms with E-state index in [9.17, 15) is 31.5 Å². The molecule has 2 fully saturated rings. The van der Waals surface area contributed by atoms with Gasteiger partial charge in [0.25, 0.3) is 5.91 Å². The zero-order valence-corrected chi connectivity index (χ0v) is 22.4. The largest absolute Gasteiger partial charge is 0.416 e. The summed E-state index contributed by atoms with van der Waals surface area (Å²) in [6.07, 6.45) is -0.731. The second-order valence-electron chi connectivity index (χ2n) is 10.4. The van der Waals surface area contributed by atoms with Crippen molar-refractivity contribution >= 4 is 21.6 Å². The Bertz CT molecular complexity index is 1320. The van der Waals surface area contributed by atoms with Crippen LogP contribution in [0.4, 0.5) is 18.9 Å². The Hall–Kier alpha value is -3.09. The maximum atomic E-state index is 12.9. The summed E-state index contributed by atoms with van der Waals surface area (Å²) in [5.41, 5.74) is -0.265. The van der Waals surface area contributed by atoms with E-state index in [-0.39, 0.29) is 18.2 Å². The molecule has 1 aliphatic carbocycles. The van der Waals surface area contributed by atoms with Crippen LogP contribution in [0.5, 0.6) is 0 Å². The number of anilines is 1. The summed E-state index contributed by atoms with van der Waals surface area (Å²) in [5, 5.41) is 17.1. The lowest BCUT2D eigenvalue weighted by atomic mass is 9.76. The molecule has 212 valence electrons. The van der Waals surface area contributed by atoms with Gasteiger partial charge in [-0.05, 0) is 61.6 Å². The van der Waals surface area contributed by atoms with Crippen molar-refractivity contribution in [1.29, 1.82) is 0 Å². The smallest absolute Gasteiger partial charge is 0.385 e. The number of alkyl halides is 3. The molecule has 0 spiro atoms. The minimum Gasteiger partial charge on any atom is -0.385 e. The Morgan fingerprint density at radius 3 is 2.44 bits per heavy atom. The van der Waals surface area contributed by atoms with Gasteiger partial charge < -0.3 is 15.7 Å². The highest BCUT2D eigenvalue weighted by molar-refractivity contribution is 7.92. The molecule has 2 aromatic carbocycles. The van der Waals surface area contributed by atoms with Crippen molar-refractivity contribution in [2.24, 2.45) is 0 Å². The van der Waals surface area contributed by atoms with Crippen molar-refractivity contribution in [1.82, 2.24) is 15.5 Å². The van der Waals surface area contributed by atoms with Gasteiger partial charge in [0.2, 0.25) is 10.0 Å². The number of carbonyl (C=O) groups is 1. The molecule has 39 heavy (non-hydrogen) atoms. The number of nitrogens with zero attached hydrogens (tertiary/aromatic N) is 1. The van der Waals surface area contributed by atoms with Crippen molar-refractivity contribution in [2.45, 2.75) is 49.5 Å². The van der Waals surface area contributed by atoms with Gasteiger partial charge in [-0.3, -0.25) is 14.4 Å². The Balaban J connectivity index is 1.20. The maximum absolute atomic E-state index is 12.9. The van der Waals surface area contributed by atoms with Crippen molar-refractivity contribution in [3.63, 3.8) is 0 Å². The molecule has 4 N–H and O–H groups in total. The fourth-order valence-corrected chi connectivity index (χ4v) is 5.74. The average molecular weight is 567 g/mol. The number of carbonyl (C=O) groups excluding carboxylic acids is 1. The van der Waals surface area contributed by atoms with Gasteiger partial charge in [0, 0.05) is 36.1 Å². The predicted octanol–water partition coefficient (Wildman–Crippen LogP) is 3.42. The van der Waals surface area contributed by atoms with Crippen LogP contribution in [0.1, 0.15) is 47.2 Å². The highest BCUT2D eigenvalue weighted by Crippen LogP contribution is 2.40. The Kier molecular flexibility index (Phi) is 8.29. The third kappa shape index (κ3) is 7.52. The molecular weight excluding hydrogens is 533 g/mol. The fourth-order valence-electron chi connectivity index (χ4n) is 5.19. The molecule has 1 saturated carbocycles. The van der Waals surface area contributed by atoms with Gasteiger partial charge in [-0.15, -0.1) is 0 Å². The SMILES string of the molecule is C=C(CNC(=O)c1cccc(C(F)(F)F)c1)NC1CN(C2CCC(O)(c3cccc(NS(C)(=O)=O)c3)CC2)C1. The Morgan fingerprint density at radius 2 is 1.79 bits per heavy atom. The lowest BCUT2D eigenvalue weighted by Gasteiger charge is -2.48. The average Bonchev–Trinajstić information content (AvgIpc) is 2.84. The number of halogens is 3. The van der Waals surface area contributed by atoms with Crippen LogP contribution in [0.15, 0.2) is 60.8 Å². The van der Waals surface area contributed by atoms with Crippen molar-refractivity contribution in [3.8, 4) is 0 Å². The second kappa shape index (κ2) is 11.2. The van der Waals surface area contributed by atoms with E-state index in [0.717, 1.165) is 44.3 Å². The zero-order valence-electron chi connectivity index (χ0n) is 21.6. The first kappa shape index (κ1) is 28.9. The summed E-state index contributed by atoms with van der Waals surface area (Å²) in [7, 11) is -3.41. The van der Waals surface area contributed by atoms with Gasteiger partial charge in [0.05, 0.1) is 30.0 Å². The summed E-state index contributed by atoms with van der Waals surface area (Å²) >= 11 is 0. The molecule has 0 unspecified atom stereocenters. The molecular formula is C27H33F3N4O4S. The molecule has 1 heterocycles. The number of nitrogens with one attached hydrogen (secondary N) is 3. The van der Waals surface area contributed by atoms with Crippen LogP contribution >= 0.6 is 0 Å². The normalized spacial score (nSPS) is 22.5. The standard InChI is InChI=1S/C27H33F3N4O4S/c1-18(15-31-25(35)19-5-3-7-21(13-19)27(28,29)30)32-23-16-34(17-23)24-9-11-26(36,12-10-24)20-6-4-8-22(14-20)33-39(2,37)38/h3-8,13-14,23-24,32-33,36H,1,9-12,15-17H2,2H3,(H,31,35). The summed E-state index contributed by atoms with van der Waals surface area (Å²) in [5.74, 6) is -0.605. The minimum absolute atomic E-state index is 0.0666. The van der Waals surface area contributed by atoms with Crippen LogP contribution < -0.4 is 15.4 Å². The van der Waals surface area contributed by atoms with Crippen LogP contribution in [0, 0.1) is 0 Å². The number of rotatable bonds is 9. The Morgan fingerprint density at radius 1 is 1.13 bits per heavy atom. The number of hydrogen-bond donors (Lipinski definition) is 4. The van der Waals surface area contributed by atoms with E-state index in [1.165, 1.54) is 12.1 Å². The van der Waals surface area contributed by atoms with E-state index in [1.807, 2.05) is 6.07 Å². The molecule has 4 rings (SSSR count). The minimum atomic E-state index is -4.52. The topological polar surface area (TPSA) is 111 Å². The molecule has 0 atom stereocenters. The second-order valence-corrected chi connectivity index (χ2v) is 12.1. The Labute approximate surface area is 226 Å². The molecule has 0 aromatic heterocycles. The van der Waals surface area contributed by atoms with E-state index in [1.54, 1.807) is 18.2 Å². The number of benzene rings is 2. The van der Waals surface area contributed by atoms with Crippen LogP contribution in [0.25, 0.3) is 0 Å². The number of sulfonamides is 1. The quantitative estimate of drug-likeness (QED) is 0.370. The van der Waals surface area contributed by atoms with Gasteiger partial charge in [0.15, 0.2) is 0 Å². The van der Waals surface area contributed by atoms with E-state index >= 15 is 0 Å². The highest BCUT2D eigenvalue weighted by Gasteiger charge is 2.40. The molecule has 1 aliphatic heterocycles. The van der Waals surface area contributed by atoms with Gasteiger partial charge >= 0.3 is 6.18 Å². The van der Waals surface area contributed by atoms with Crippen LogP contribution in [-0.2, 0) is 21.8 Å². The molecule has 0 radical (unpaired) electrons. The first-order valence-corrected chi connectivity index (χ1v) is 14.6. The van der Waals surface area contributed by atoms with Crippen molar-refractivity contribution < 1.29 is 31.5 Å². The van der Waals surface area contributed by atoms with E-state index in [4.69, 9.17) is 0 Å². The number of amides is 1. The third-order valence-electron chi connectivity index (χ3n) is 7.23. The van der Waals surface area contributed by atoms with Gasteiger partial charge in [-0.25, -0.2) is 8.42 Å². The molecule has 2 aromatic rings. The van der Waals surface area contributed by atoms with Gasteiger partial charge in [-0.1, -0.05) is 24.8 Å². The first-order valence-electron chi connectivity index (χ1n) is 12.7. The van der Waals surface area contributed by atoms with Crippen LogP contribution in [0.2, 0.25) is 0 Å². The van der Waals surface area contributed by atoms with Crippen molar-refractivity contribution in [2.75, 3.05) is 30.6 Å². The lowest BCUT2D eigenvalue weighted by Crippen LogP contribution is -2.62. The monoisotopic (exact) mass is 566 g/mol. The molecule has 2 aliphatic rings. The predicted molar refractivity (Wildman–Crippen MR) is 142 cm³/mol. The maximum Gasteiger partial charge on any atom is 0.416 e. The first-order chi connectivity index (χ1) is 18.2. The summed E-state index contributed by atoms with van der Waals surface area (Å²) < 4.78 is 64.2. The molecule has 0 bridgehead atoms. The third-order valence-corrected chi connectivity index (χ3v) is 7.84. The lowest BCUT2D eigenvalue weighted by molar-refractivity contribution is -0.137. The number of aliphatic hydroxyl groups is 1. The van der Waals surface area contributed by atoms with E-state index in [0.29, 0.717) is 35.8 Å².